The van der Waals surface area contributed by atoms with E-state index in [2.05, 4.69) is 26.5 Å². The minimum atomic E-state index is -0.255. The number of nitriles is 1. The normalized spacial score (nSPS) is 11.9. The second-order valence-electron chi connectivity index (χ2n) is 6.02. The maximum Gasteiger partial charge on any atom is 0.257 e. The summed E-state index contributed by atoms with van der Waals surface area (Å²) in [4.78, 5) is 8.99. The predicted octanol–water partition coefficient (Wildman–Crippen LogP) is 4.98. The van der Waals surface area contributed by atoms with Crippen LogP contribution >= 0.6 is 11.6 Å². The van der Waals surface area contributed by atoms with Gasteiger partial charge in [-0.05, 0) is 43.3 Å². The van der Waals surface area contributed by atoms with Gasteiger partial charge in [0.2, 0.25) is 0 Å². The van der Waals surface area contributed by atoms with Crippen molar-refractivity contribution in [1.82, 2.24) is 15.1 Å². The zero-order valence-corrected chi connectivity index (χ0v) is 15.1. The maximum atomic E-state index is 9.44. The molecule has 0 aliphatic heterocycles. The van der Waals surface area contributed by atoms with Crippen LogP contribution in [0.2, 0.25) is 5.02 Å². The molecule has 0 aliphatic rings. The number of rotatable bonds is 4. The van der Waals surface area contributed by atoms with Crippen molar-refractivity contribution in [2.24, 2.45) is 0 Å². The van der Waals surface area contributed by atoms with Gasteiger partial charge in [-0.3, -0.25) is 0 Å². The first-order valence-corrected chi connectivity index (χ1v) is 8.68. The molecule has 0 aliphatic carbocycles. The Morgan fingerprint density at radius 2 is 1.93 bits per heavy atom. The van der Waals surface area contributed by atoms with Crippen molar-refractivity contribution < 1.29 is 4.52 Å². The standard InChI is InChI=1S/C20H14ClN5O/c1-12(19-25-20(27-26-19)13-5-3-2-4-6-13)23-18-9-14(11-22)16-10-15(21)7-8-17(16)24-18/h2-10,12H,1H3,(H,23,24). The number of hydrogen-bond donors (Lipinski definition) is 1. The second kappa shape index (κ2) is 7.06. The van der Waals surface area contributed by atoms with Gasteiger partial charge in [0, 0.05) is 16.0 Å². The number of halogens is 1. The van der Waals surface area contributed by atoms with Crippen molar-refractivity contribution >= 4 is 28.3 Å². The van der Waals surface area contributed by atoms with Gasteiger partial charge in [0.05, 0.1) is 23.2 Å². The summed E-state index contributed by atoms with van der Waals surface area (Å²) in [6, 6.07) is 18.5. The molecule has 1 N–H and O–H groups in total. The molecule has 27 heavy (non-hydrogen) atoms. The molecule has 4 aromatic rings. The fourth-order valence-electron chi connectivity index (χ4n) is 2.76. The van der Waals surface area contributed by atoms with Crippen LogP contribution in [-0.2, 0) is 0 Å². The van der Waals surface area contributed by atoms with Crippen LogP contribution in [0.15, 0.2) is 59.1 Å². The molecule has 132 valence electrons. The molecule has 2 heterocycles. The Hall–Kier alpha value is -3.43. The molecule has 0 spiro atoms. The van der Waals surface area contributed by atoms with E-state index in [0.29, 0.717) is 39.0 Å². The Bertz CT molecular complexity index is 1150. The lowest BCUT2D eigenvalue weighted by molar-refractivity contribution is 0.420. The van der Waals surface area contributed by atoms with Crippen LogP contribution in [0.25, 0.3) is 22.4 Å². The van der Waals surface area contributed by atoms with Gasteiger partial charge in [-0.1, -0.05) is 35.0 Å². The molecule has 0 fully saturated rings. The number of aromatic nitrogens is 3. The zero-order chi connectivity index (χ0) is 18.8. The van der Waals surface area contributed by atoms with Gasteiger partial charge < -0.3 is 9.84 Å². The van der Waals surface area contributed by atoms with E-state index < -0.39 is 0 Å². The minimum absolute atomic E-state index is 0.255. The van der Waals surface area contributed by atoms with Gasteiger partial charge in [0.1, 0.15) is 5.82 Å². The molecule has 2 aromatic carbocycles. The Labute approximate surface area is 160 Å². The van der Waals surface area contributed by atoms with E-state index in [1.54, 1.807) is 24.3 Å². The molecule has 4 rings (SSSR count). The quantitative estimate of drug-likeness (QED) is 0.541. The smallest absolute Gasteiger partial charge is 0.257 e. The number of pyridine rings is 1. The maximum absolute atomic E-state index is 9.44. The highest BCUT2D eigenvalue weighted by atomic mass is 35.5. The van der Waals surface area contributed by atoms with Crippen LogP contribution in [0.1, 0.15) is 24.4 Å². The van der Waals surface area contributed by atoms with Gasteiger partial charge in [0.25, 0.3) is 5.89 Å². The number of nitrogens with one attached hydrogen (secondary N) is 1. The van der Waals surface area contributed by atoms with Gasteiger partial charge in [0.15, 0.2) is 5.82 Å². The summed E-state index contributed by atoms with van der Waals surface area (Å²) in [5.74, 6) is 1.52. The molecule has 0 radical (unpaired) electrons. The molecular weight excluding hydrogens is 362 g/mol. The van der Waals surface area contributed by atoms with E-state index in [1.165, 1.54) is 0 Å². The van der Waals surface area contributed by atoms with Gasteiger partial charge in [-0.25, -0.2) is 4.98 Å². The SMILES string of the molecule is CC(Nc1cc(C#N)c2cc(Cl)ccc2n1)c1noc(-c2ccccc2)n1. The topological polar surface area (TPSA) is 87.6 Å². The number of nitrogens with zero attached hydrogens (tertiary/aromatic N) is 4. The number of benzene rings is 2. The van der Waals surface area contributed by atoms with E-state index in [4.69, 9.17) is 16.1 Å². The third-order valence-electron chi connectivity index (χ3n) is 4.11. The van der Waals surface area contributed by atoms with Crippen molar-refractivity contribution in [3.05, 3.63) is 71.0 Å². The minimum Gasteiger partial charge on any atom is -0.360 e. The van der Waals surface area contributed by atoms with Crippen molar-refractivity contribution in [2.75, 3.05) is 5.32 Å². The number of anilines is 1. The highest BCUT2D eigenvalue weighted by molar-refractivity contribution is 6.31. The predicted molar refractivity (Wildman–Crippen MR) is 103 cm³/mol. The van der Waals surface area contributed by atoms with E-state index in [0.717, 1.165) is 5.56 Å². The third kappa shape index (κ3) is 3.46. The second-order valence-corrected chi connectivity index (χ2v) is 6.45. The van der Waals surface area contributed by atoms with Crippen LogP contribution in [0, 0.1) is 11.3 Å². The fraction of sp³-hybridized carbons (Fsp3) is 0.100. The molecule has 0 saturated heterocycles. The third-order valence-corrected chi connectivity index (χ3v) is 4.34. The first kappa shape index (κ1) is 17.0. The summed E-state index contributed by atoms with van der Waals surface area (Å²) in [5, 5.41) is 18.0. The molecule has 1 unspecified atom stereocenters. The lowest BCUT2D eigenvalue weighted by atomic mass is 10.1. The molecule has 2 aromatic heterocycles. The molecule has 0 amide bonds. The van der Waals surface area contributed by atoms with E-state index in [-0.39, 0.29) is 6.04 Å². The first-order chi connectivity index (χ1) is 13.1. The van der Waals surface area contributed by atoms with Crippen molar-refractivity contribution in [2.45, 2.75) is 13.0 Å². The Morgan fingerprint density at radius 1 is 1.11 bits per heavy atom. The Kier molecular flexibility index (Phi) is 4.45. The molecular formula is C20H14ClN5O. The van der Waals surface area contributed by atoms with Crippen molar-refractivity contribution in [1.29, 1.82) is 5.26 Å². The average Bonchev–Trinajstić information content (AvgIpc) is 3.19. The van der Waals surface area contributed by atoms with Crippen LogP contribution in [0.4, 0.5) is 5.82 Å². The molecule has 7 heteroatoms. The summed E-state index contributed by atoms with van der Waals surface area (Å²) in [6.45, 7) is 1.90. The van der Waals surface area contributed by atoms with Crippen LogP contribution in [0.5, 0.6) is 0 Å². The first-order valence-electron chi connectivity index (χ1n) is 8.30. The van der Waals surface area contributed by atoms with E-state index >= 15 is 0 Å². The van der Waals surface area contributed by atoms with Crippen LogP contribution in [-0.4, -0.2) is 15.1 Å². The van der Waals surface area contributed by atoms with E-state index in [1.807, 2.05) is 37.3 Å². The van der Waals surface area contributed by atoms with Gasteiger partial charge >= 0.3 is 0 Å². The molecule has 1 atom stereocenters. The Morgan fingerprint density at radius 3 is 2.70 bits per heavy atom. The van der Waals surface area contributed by atoms with Gasteiger partial charge in [-0.15, -0.1) is 0 Å². The van der Waals surface area contributed by atoms with Crippen LogP contribution in [0.3, 0.4) is 0 Å². The monoisotopic (exact) mass is 375 g/mol. The van der Waals surface area contributed by atoms with Crippen LogP contribution < -0.4 is 5.32 Å². The summed E-state index contributed by atoms with van der Waals surface area (Å²) in [7, 11) is 0. The molecule has 0 bridgehead atoms. The average molecular weight is 376 g/mol. The zero-order valence-electron chi connectivity index (χ0n) is 14.3. The summed E-state index contributed by atoms with van der Waals surface area (Å²) in [5.41, 5.74) is 2.04. The number of hydrogen-bond acceptors (Lipinski definition) is 6. The van der Waals surface area contributed by atoms with Gasteiger partial charge in [-0.2, -0.15) is 10.2 Å². The van der Waals surface area contributed by atoms with Crippen molar-refractivity contribution in [3.63, 3.8) is 0 Å². The Balaban J connectivity index is 1.62. The highest BCUT2D eigenvalue weighted by Crippen LogP contribution is 2.26. The summed E-state index contributed by atoms with van der Waals surface area (Å²) < 4.78 is 5.35. The lowest BCUT2D eigenvalue weighted by Crippen LogP contribution is -2.10. The lowest BCUT2D eigenvalue weighted by Gasteiger charge is -2.12. The summed E-state index contributed by atoms with van der Waals surface area (Å²) in [6.07, 6.45) is 0. The van der Waals surface area contributed by atoms with Crippen molar-refractivity contribution in [3.8, 4) is 17.5 Å². The fourth-order valence-corrected chi connectivity index (χ4v) is 2.93. The van der Waals surface area contributed by atoms with E-state index in [9.17, 15) is 5.26 Å². The number of fused-ring (bicyclic) bond motifs is 1. The molecule has 0 saturated carbocycles. The largest absolute Gasteiger partial charge is 0.360 e. The molecule has 6 nitrogen and oxygen atoms in total. The highest BCUT2D eigenvalue weighted by Gasteiger charge is 2.16. The summed E-state index contributed by atoms with van der Waals surface area (Å²) >= 11 is 6.02.